The van der Waals surface area contributed by atoms with Crippen molar-refractivity contribution in [2.45, 2.75) is 42.7 Å². The average Bonchev–Trinajstić information content (AvgIpc) is 3.32. The van der Waals surface area contributed by atoms with Gasteiger partial charge in [-0.25, -0.2) is 4.79 Å². The van der Waals surface area contributed by atoms with Crippen molar-refractivity contribution >= 4 is 23.5 Å². The lowest BCUT2D eigenvalue weighted by Gasteiger charge is -2.38. The Morgan fingerprint density at radius 2 is 2.08 bits per heavy atom. The minimum absolute atomic E-state index is 0.00897. The molecule has 0 unspecified atom stereocenters. The minimum Gasteiger partial charge on any atom is -0.373 e. The number of hydrogen-bond donors (Lipinski definition) is 1. The average molecular weight is 376 g/mol. The summed E-state index contributed by atoms with van der Waals surface area (Å²) < 4.78 is 6.00. The van der Waals surface area contributed by atoms with Gasteiger partial charge in [0, 0.05) is 24.5 Å². The Hall–Kier alpha value is -1.24. The fourth-order valence-electron chi connectivity index (χ4n) is 4.62. The van der Waals surface area contributed by atoms with Gasteiger partial charge in [0.05, 0.1) is 31.0 Å². The first-order valence-corrected chi connectivity index (χ1v) is 11.0. The van der Waals surface area contributed by atoms with Gasteiger partial charge in [0.15, 0.2) is 0 Å². The molecule has 0 bridgehead atoms. The van der Waals surface area contributed by atoms with Gasteiger partial charge in [0.2, 0.25) is 0 Å². The molecule has 0 aromatic heterocycles. The van der Waals surface area contributed by atoms with Crippen LogP contribution in [0.15, 0.2) is 29.2 Å². The second-order valence-corrected chi connectivity index (χ2v) is 8.51. The van der Waals surface area contributed by atoms with Crippen LogP contribution in [-0.4, -0.2) is 67.0 Å². The third kappa shape index (κ3) is 3.87. The van der Waals surface area contributed by atoms with Crippen LogP contribution >= 0.6 is 11.8 Å². The number of likely N-dealkylation sites (tertiary alicyclic amines) is 1. The van der Waals surface area contributed by atoms with E-state index in [4.69, 9.17) is 4.74 Å². The molecule has 2 atom stereocenters. The maximum Gasteiger partial charge on any atom is 0.322 e. The molecule has 0 radical (unpaired) electrons. The molecule has 1 N–H and O–H groups in total. The van der Waals surface area contributed by atoms with Gasteiger partial charge in [-0.3, -0.25) is 4.90 Å². The molecule has 6 heteroatoms. The Morgan fingerprint density at radius 3 is 2.88 bits per heavy atom. The summed E-state index contributed by atoms with van der Waals surface area (Å²) in [6.45, 7) is 4.43. The molecule has 3 aliphatic rings. The summed E-state index contributed by atoms with van der Waals surface area (Å²) in [6.07, 6.45) is 7.68. The van der Waals surface area contributed by atoms with E-state index in [9.17, 15) is 4.79 Å². The zero-order chi connectivity index (χ0) is 17.9. The molecule has 0 spiro atoms. The Morgan fingerprint density at radius 1 is 1.27 bits per heavy atom. The van der Waals surface area contributed by atoms with Crippen molar-refractivity contribution in [1.82, 2.24) is 9.80 Å². The summed E-state index contributed by atoms with van der Waals surface area (Å²) in [5.74, 6) is 0.838. The number of hydrogen-bond acceptors (Lipinski definition) is 4. The number of anilines is 1. The highest BCUT2D eigenvalue weighted by molar-refractivity contribution is 7.98. The number of morpholine rings is 1. The molecule has 3 fully saturated rings. The number of nitrogens with zero attached hydrogens (tertiary/aromatic N) is 2. The normalized spacial score (nSPS) is 26.9. The van der Waals surface area contributed by atoms with Crippen LogP contribution < -0.4 is 5.32 Å². The smallest absolute Gasteiger partial charge is 0.322 e. The first-order chi connectivity index (χ1) is 12.7. The van der Waals surface area contributed by atoms with Crippen LogP contribution in [0.2, 0.25) is 0 Å². The number of rotatable bonds is 4. The lowest BCUT2D eigenvalue weighted by Crippen LogP contribution is -2.52. The minimum atomic E-state index is -0.00897. The molecule has 2 heterocycles. The Bertz CT molecular complexity index is 635. The zero-order valence-corrected chi connectivity index (χ0v) is 16.3. The third-order valence-corrected chi connectivity index (χ3v) is 6.82. The molecule has 1 saturated carbocycles. The molecule has 1 aromatic rings. The van der Waals surface area contributed by atoms with Gasteiger partial charge in [-0.1, -0.05) is 25.0 Å². The first-order valence-electron chi connectivity index (χ1n) is 9.79. The highest BCUT2D eigenvalue weighted by atomic mass is 32.2. The lowest BCUT2D eigenvalue weighted by molar-refractivity contribution is -0.0515. The summed E-state index contributed by atoms with van der Waals surface area (Å²) in [5, 5.41) is 3.09. The van der Waals surface area contributed by atoms with Crippen molar-refractivity contribution < 1.29 is 9.53 Å². The Balaban J connectivity index is 1.39. The molecule has 1 aliphatic carbocycles. The molecule has 142 valence electrons. The fraction of sp³-hybridized carbons (Fsp3) is 0.650. The molecule has 5 nitrogen and oxygen atoms in total. The van der Waals surface area contributed by atoms with E-state index in [1.165, 1.54) is 32.2 Å². The molecule has 2 saturated heterocycles. The number of thioether (sulfide) groups is 1. The number of ether oxygens (including phenoxy) is 1. The van der Waals surface area contributed by atoms with Gasteiger partial charge in [0.25, 0.3) is 0 Å². The molecule has 2 amide bonds. The SMILES string of the molecule is CSc1ccccc1NC(=O)N1C[C@@H]2OCCN(CC3CCCC3)[C@H]2C1. The molecular formula is C20H29N3O2S. The van der Waals surface area contributed by atoms with Gasteiger partial charge in [-0.2, -0.15) is 0 Å². The van der Waals surface area contributed by atoms with Crippen molar-refractivity contribution in [3.8, 4) is 0 Å². The van der Waals surface area contributed by atoms with Crippen LogP contribution in [0.1, 0.15) is 25.7 Å². The van der Waals surface area contributed by atoms with Gasteiger partial charge < -0.3 is 15.0 Å². The van der Waals surface area contributed by atoms with Crippen LogP contribution in [0.25, 0.3) is 0 Å². The summed E-state index contributed by atoms with van der Waals surface area (Å²) in [6, 6.07) is 8.31. The molecule has 1 aromatic carbocycles. The van der Waals surface area contributed by atoms with E-state index in [2.05, 4.69) is 10.2 Å². The predicted octanol–water partition coefficient (Wildman–Crippen LogP) is 3.52. The summed E-state index contributed by atoms with van der Waals surface area (Å²) in [4.78, 5) is 18.4. The van der Waals surface area contributed by atoms with Gasteiger partial charge >= 0.3 is 6.03 Å². The molecule has 2 aliphatic heterocycles. The van der Waals surface area contributed by atoms with Crippen LogP contribution in [0, 0.1) is 5.92 Å². The summed E-state index contributed by atoms with van der Waals surface area (Å²) in [5.41, 5.74) is 0.892. The standard InChI is InChI=1S/C20H29N3O2S/c1-26-19-9-5-4-8-16(19)21-20(24)23-13-17-18(14-23)25-11-10-22(17)12-15-6-2-3-7-15/h4-5,8-9,15,17-18H,2-3,6-7,10-14H2,1H3,(H,21,24)/t17-,18-/m0/s1. The van der Waals surface area contributed by atoms with E-state index in [0.717, 1.165) is 36.2 Å². The van der Waals surface area contributed by atoms with Crippen molar-refractivity contribution in [1.29, 1.82) is 0 Å². The number of carbonyl (C=O) groups is 1. The highest BCUT2D eigenvalue weighted by Crippen LogP contribution is 2.30. The number of amides is 2. The van der Waals surface area contributed by atoms with E-state index >= 15 is 0 Å². The van der Waals surface area contributed by atoms with E-state index in [1.54, 1.807) is 11.8 Å². The quantitative estimate of drug-likeness (QED) is 0.818. The van der Waals surface area contributed by atoms with Gasteiger partial charge in [-0.05, 0) is 37.1 Å². The molecule has 4 rings (SSSR count). The number of fused-ring (bicyclic) bond motifs is 1. The van der Waals surface area contributed by atoms with E-state index in [1.807, 2.05) is 35.4 Å². The predicted molar refractivity (Wildman–Crippen MR) is 106 cm³/mol. The fourth-order valence-corrected chi connectivity index (χ4v) is 5.17. The number of benzene rings is 1. The van der Waals surface area contributed by atoms with Gasteiger partial charge in [-0.15, -0.1) is 11.8 Å². The summed E-state index contributed by atoms with van der Waals surface area (Å²) >= 11 is 1.65. The topological polar surface area (TPSA) is 44.8 Å². The first kappa shape index (κ1) is 18.1. The van der Waals surface area contributed by atoms with Crippen LogP contribution in [0.5, 0.6) is 0 Å². The number of para-hydroxylation sites is 1. The molecular weight excluding hydrogens is 346 g/mol. The van der Waals surface area contributed by atoms with Crippen molar-refractivity contribution in [3.63, 3.8) is 0 Å². The second-order valence-electron chi connectivity index (χ2n) is 7.66. The zero-order valence-electron chi connectivity index (χ0n) is 15.5. The van der Waals surface area contributed by atoms with Crippen molar-refractivity contribution in [2.24, 2.45) is 5.92 Å². The maximum absolute atomic E-state index is 12.8. The molecule has 26 heavy (non-hydrogen) atoms. The largest absolute Gasteiger partial charge is 0.373 e. The number of nitrogens with one attached hydrogen (secondary N) is 1. The van der Waals surface area contributed by atoms with Crippen LogP contribution in [0.3, 0.4) is 0 Å². The van der Waals surface area contributed by atoms with E-state index in [-0.39, 0.29) is 12.1 Å². The van der Waals surface area contributed by atoms with Crippen LogP contribution in [0.4, 0.5) is 10.5 Å². The highest BCUT2D eigenvalue weighted by Gasteiger charge is 2.42. The van der Waals surface area contributed by atoms with Crippen molar-refractivity contribution in [2.75, 3.05) is 44.4 Å². The van der Waals surface area contributed by atoms with Gasteiger partial charge in [0.1, 0.15) is 0 Å². The monoisotopic (exact) mass is 375 g/mol. The van der Waals surface area contributed by atoms with E-state index < -0.39 is 0 Å². The second kappa shape index (κ2) is 8.19. The third-order valence-electron chi connectivity index (χ3n) is 6.02. The maximum atomic E-state index is 12.8. The lowest BCUT2D eigenvalue weighted by atomic mass is 10.0. The Kier molecular flexibility index (Phi) is 5.72. The van der Waals surface area contributed by atoms with E-state index in [0.29, 0.717) is 12.6 Å². The number of urea groups is 1. The van der Waals surface area contributed by atoms with Crippen molar-refractivity contribution in [3.05, 3.63) is 24.3 Å². The summed E-state index contributed by atoms with van der Waals surface area (Å²) in [7, 11) is 0. The number of carbonyl (C=O) groups excluding carboxylic acids is 1. The van der Waals surface area contributed by atoms with Crippen LogP contribution in [-0.2, 0) is 4.74 Å². The Labute approximate surface area is 160 Å².